The third-order valence-electron chi connectivity index (χ3n) is 7.70. The van der Waals surface area contributed by atoms with Gasteiger partial charge in [-0.05, 0) is 42.7 Å². The van der Waals surface area contributed by atoms with Crippen molar-refractivity contribution in [1.82, 2.24) is 37.4 Å². The summed E-state index contributed by atoms with van der Waals surface area (Å²) in [5, 5.41) is 19.8. The van der Waals surface area contributed by atoms with Gasteiger partial charge in [-0.2, -0.15) is 0 Å². The fourth-order valence-corrected chi connectivity index (χ4v) is 6.39. The zero-order chi connectivity index (χ0) is 37.1. The van der Waals surface area contributed by atoms with E-state index in [1.807, 2.05) is 6.26 Å². The Labute approximate surface area is 296 Å². The SMILES string of the molecule is CSc1nc2c(c(=O)n(C)c(=O)n2CC#Cc2cccc(O)c2)n1C.Cn1c(=O)c2c(nc(S(C)=O)n2C)n(CC#Cc2cccc(O)c2)c1=O. The summed E-state index contributed by atoms with van der Waals surface area (Å²) in [6.07, 6.45) is 3.31. The maximum Gasteiger partial charge on any atom is 0.333 e. The molecule has 2 N–H and O–H groups in total. The zero-order valence-corrected chi connectivity index (χ0v) is 30.0. The van der Waals surface area contributed by atoms with Crippen LogP contribution in [0.15, 0.2) is 78.0 Å². The maximum atomic E-state index is 12.5. The lowest BCUT2D eigenvalue weighted by molar-refractivity contribution is 0.474. The van der Waals surface area contributed by atoms with E-state index in [9.17, 15) is 33.6 Å². The van der Waals surface area contributed by atoms with Crippen molar-refractivity contribution in [3.63, 3.8) is 0 Å². The number of phenolic OH excluding ortho intramolecular Hbond substituents is 2. The molecule has 15 nitrogen and oxygen atoms in total. The van der Waals surface area contributed by atoms with Gasteiger partial charge in [-0.15, -0.1) is 0 Å². The summed E-state index contributed by atoms with van der Waals surface area (Å²) in [4.78, 5) is 58.4. The standard InChI is InChI=1S/C17H16N4O4S.C17H16N4O3S/c1-19-13-14(18-16(19)26(3)25)21(17(24)20(2)15(13)23)9-5-7-11-6-4-8-12(22)10-11;1-19-13-14(18-16(19)25-3)21(17(24)20(2)15(13)23)9-5-7-11-6-4-8-12(22)10-11/h4,6,8,10,22H,9H2,1-3H3;4,6,8,10,22H,9H2,1-3H3. The van der Waals surface area contributed by atoms with E-state index in [-0.39, 0.29) is 46.5 Å². The van der Waals surface area contributed by atoms with Gasteiger partial charge in [-0.3, -0.25) is 32.1 Å². The predicted octanol–water partition coefficient (Wildman–Crippen LogP) is 0.841. The monoisotopic (exact) mass is 728 g/mol. The van der Waals surface area contributed by atoms with Crippen LogP contribution in [0.1, 0.15) is 11.1 Å². The number of hydrogen-bond donors (Lipinski definition) is 2. The van der Waals surface area contributed by atoms with Crippen molar-refractivity contribution < 1.29 is 14.4 Å². The highest BCUT2D eigenvalue weighted by Gasteiger charge is 2.20. The van der Waals surface area contributed by atoms with Gasteiger partial charge in [0.05, 0.1) is 23.9 Å². The van der Waals surface area contributed by atoms with Crippen molar-refractivity contribution in [1.29, 1.82) is 0 Å². The highest BCUT2D eigenvalue weighted by molar-refractivity contribution is 7.98. The largest absolute Gasteiger partial charge is 0.508 e. The molecule has 0 saturated heterocycles. The minimum atomic E-state index is -1.42. The summed E-state index contributed by atoms with van der Waals surface area (Å²) < 4.78 is 19.6. The molecule has 17 heteroatoms. The smallest absolute Gasteiger partial charge is 0.333 e. The molecule has 1 atom stereocenters. The Bertz CT molecular complexity index is 2750. The quantitative estimate of drug-likeness (QED) is 0.195. The Kier molecular flexibility index (Phi) is 10.5. The lowest BCUT2D eigenvalue weighted by atomic mass is 10.2. The average molecular weight is 729 g/mol. The predicted molar refractivity (Wildman–Crippen MR) is 195 cm³/mol. The van der Waals surface area contributed by atoms with E-state index in [0.717, 1.165) is 9.13 Å². The first-order chi connectivity index (χ1) is 24.2. The van der Waals surface area contributed by atoms with Gasteiger partial charge in [-0.1, -0.05) is 47.6 Å². The fourth-order valence-electron chi connectivity index (χ4n) is 5.15. The van der Waals surface area contributed by atoms with Crippen LogP contribution in [0.2, 0.25) is 0 Å². The van der Waals surface area contributed by atoms with E-state index in [0.29, 0.717) is 27.4 Å². The van der Waals surface area contributed by atoms with Crippen molar-refractivity contribution >= 4 is 44.9 Å². The van der Waals surface area contributed by atoms with E-state index in [2.05, 4.69) is 33.6 Å². The highest BCUT2D eigenvalue weighted by atomic mass is 32.2. The summed E-state index contributed by atoms with van der Waals surface area (Å²) >= 11 is 1.40. The zero-order valence-electron chi connectivity index (χ0n) is 28.4. The van der Waals surface area contributed by atoms with Crippen molar-refractivity contribution in [2.75, 3.05) is 12.5 Å². The molecule has 4 heterocycles. The summed E-state index contributed by atoms with van der Waals surface area (Å²) in [6.45, 7) is 0.0792. The molecule has 0 saturated carbocycles. The average Bonchev–Trinajstić information content (AvgIpc) is 3.62. The number of aryl methyl sites for hydroxylation is 2. The Hall–Kier alpha value is -6.04. The van der Waals surface area contributed by atoms with Gasteiger partial charge < -0.3 is 19.3 Å². The Morgan fingerprint density at radius 1 is 0.706 bits per heavy atom. The number of rotatable bonds is 4. The summed E-state index contributed by atoms with van der Waals surface area (Å²) in [5.41, 5.74) is 0.354. The molecule has 0 aliphatic rings. The molecule has 0 bridgehead atoms. The fraction of sp³-hybridized carbons (Fsp3) is 0.235. The van der Waals surface area contributed by atoms with Gasteiger partial charge in [0.1, 0.15) is 11.5 Å². The van der Waals surface area contributed by atoms with Crippen LogP contribution in [0.5, 0.6) is 11.5 Å². The number of benzene rings is 2. The van der Waals surface area contributed by atoms with E-state index in [1.165, 1.54) is 57.9 Å². The second-order valence-electron chi connectivity index (χ2n) is 11.1. The molecule has 0 amide bonds. The van der Waals surface area contributed by atoms with Crippen molar-refractivity contribution in [2.45, 2.75) is 23.4 Å². The number of nitrogens with zero attached hydrogens (tertiary/aromatic N) is 8. The number of thioether (sulfide) groups is 1. The number of hydrogen-bond acceptors (Lipinski definition) is 10. The van der Waals surface area contributed by atoms with Gasteiger partial charge in [0, 0.05) is 45.6 Å². The van der Waals surface area contributed by atoms with E-state index in [4.69, 9.17) is 0 Å². The van der Waals surface area contributed by atoms with E-state index < -0.39 is 27.7 Å². The Morgan fingerprint density at radius 2 is 1.16 bits per heavy atom. The normalized spacial score (nSPS) is 11.3. The van der Waals surface area contributed by atoms with E-state index >= 15 is 0 Å². The molecule has 0 aliphatic carbocycles. The van der Waals surface area contributed by atoms with Gasteiger partial charge >= 0.3 is 11.4 Å². The minimum absolute atomic E-state index is 0.00802. The molecule has 0 radical (unpaired) electrons. The molecule has 6 aromatic rings. The third kappa shape index (κ3) is 7.16. The lowest BCUT2D eigenvalue weighted by Gasteiger charge is -2.05. The molecule has 1 unspecified atom stereocenters. The molecular formula is C34H32N8O7S2. The van der Waals surface area contributed by atoms with E-state index in [1.54, 1.807) is 55.1 Å². The molecule has 51 heavy (non-hydrogen) atoms. The van der Waals surface area contributed by atoms with Crippen LogP contribution in [0, 0.1) is 23.7 Å². The van der Waals surface area contributed by atoms with Crippen LogP contribution in [0.25, 0.3) is 22.3 Å². The molecule has 262 valence electrons. The van der Waals surface area contributed by atoms with Crippen LogP contribution >= 0.6 is 11.8 Å². The van der Waals surface area contributed by atoms with Crippen LogP contribution in [0.4, 0.5) is 0 Å². The highest BCUT2D eigenvalue weighted by Crippen LogP contribution is 2.18. The van der Waals surface area contributed by atoms with Crippen molar-refractivity contribution in [3.8, 4) is 35.2 Å². The molecule has 6 rings (SSSR count). The number of phenols is 2. The topological polar surface area (TPSA) is 181 Å². The Morgan fingerprint density at radius 3 is 1.59 bits per heavy atom. The van der Waals surface area contributed by atoms with Crippen LogP contribution in [-0.4, -0.2) is 64.3 Å². The number of aromatic nitrogens is 8. The number of aromatic hydroxyl groups is 2. The summed E-state index contributed by atoms with van der Waals surface area (Å²) in [7, 11) is 4.73. The van der Waals surface area contributed by atoms with Gasteiger partial charge in [0.25, 0.3) is 11.1 Å². The first kappa shape index (κ1) is 36.2. The van der Waals surface area contributed by atoms with Crippen molar-refractivity contribution in [3.05, 3.63) is 101 Å². The molecule has 0 aliphatic heterocycles. The van der Waals surface area contributed by atoms with Crippen LogP contribution < -0.4 is 22.5 Å². The maximum absolute atomic E-state index is 12.5. The molecule has 0 spiro atoms. The summed E-state index contributed by atoms with van der Waals surface area (Å²) in [5.74, 6) is 11.7. The summed E-state index contributed by atoms with van der Waals surface area (Å²) in [6, 6.07) is 13.0. The number of imidazole rings is 2. The minimum Gasteiger partial charge on any atom is -0.508 e. The second kappa shape index (κ2) is 14.8. The van der Waals surface area contributed by atoms with Gasteiger partial charge in [0.15, 0.2) is 27.5 Å². The number of fused-ring (bicyclic) bond motifs is 2. The molecule has 0 fully saturated rings. The van der Waals surface area contributed by atoms with Crippen molar-refractivity contribution in [2.24, 2.45) is 28.2 Å². The Balaban J connectivity index is 0.000000198. The van der Waals surface area contributed by atoms with Crippen LogP contribution in [-0.2, 0) is 52.1 Å². The first-order valence-electron chi connectivity index (χ1n) is 15.0. The molecule has 2 aromatic carbocycles. The lowest BCUT2D eigenvalue weighted by Crippen LogP contribution is -2.38. The molecular weight excluding hydrogens is 697 g/mol. The first-order valence-corrected chi connectivity index (χ1v) is 17.8. The third-order valence-corrected chi connectivity index (χ3v) is 9.31. The van der Waals surface area contributed by atoms with Crippen LogP contribution in [0.3, 0.4) is 0 Å². The second-order valence-corrected chi connectivity index (χ2v) is 13.1. The molecule has 4 aromatic heterocycles. The van der Waals surface area contributed by atoms with Gasteiger partial charge in [-0.25, -0.2) is 19.6 Å². The van der Waals surface area contributed by atoms with Gasteiger partial charge in [0.2, 0.25) is 5.16 Å².